The van der Waals surface area contributed by atoms with Crippen molar-refractivity contribution in [2.24, 2.45) is 0 Å². The summed E-state index contributed by atoms with van der Waals surface area (Å²) in [6, 6.07) is 8.56. The van der Waals surface area contributed by atoms with Crippen molar-refractivity contribution in [1.29, 1.82) is 0 Å². The second-order valence-electron chi connectivity index (χ2n) is 7.31. The van der Waals surface area contributed by atoms with Crippen molar-refractivity contribution in [2.75, 3.05) is 30.5 Å². The number of aliphatic carboxylic acids is 1. The van der Waals surface area contributed by atoms with Gasteiger partial charge in [0, 0.05) is 30.3 Å². The molecule has 0 unspecified atom stereocenters. The predicted molar refractivity (Wildman–Crippen MR) is 123 cm³/mol. The zero-order valence-corrected chi connectivity index (χ0v) is 20.3. The van der Waals surface area contributed by atoms with E-state index in [0.29, 0.717) is 16.9 Å². The second kappa shape index (κ2) is 10.2. The van der Waals surface area contributed by atoms with E-state index in [-0.39, 0.29) is 29.1 Å². The van der Waals surface area contributed by atoms with Crippen molar-refractivity contribution in [1.82, 2.24) is 4.90 Å². The van der Waals surface area contributed by atoms with Crippen LogP contribution in [0.2, 0.25) is 0 Å². The Morgan fingerprint density at radius 3 is 2.24 bits per heavy atom. The summed E-state index contributed by atoms with van der Waals surface area (Å²) >= 11 is 0. The fraction of sp³-hybridized carbons (Fsp3) is 0.333. The Kier molecular flexibility index (Phi) is 8.09. The first-order chi connectivity index (χ1) is 15.3. The van der Waals surface area contributed by atoms with Crippen molar-refractivity contribution in [3.05, 3.63) is 42.0 Å². The summed E-state index contributed by atoms with van der Waals surface area (Å²) in [5, 5.41) is 9.13. The summed E-state index contributed by atoms with van der Waals surface area (Å²) in [6.07, 6.45) is 0.642. The number of benzene rings is 2. The number of carbonyl (C=O) groups excluding carboxylic acids is 1. The minimum Gasteiger partial charge on any atom is -0.496 e. The zero-order valence-electron chi connectivity index (χ0n) is 18.7. The van der Waals surface area contributed by atoms with Crippen molar-refractivity contribution < 1.29 is 36.3 Å². The van der Waals surface area contributed by atoms with E-state index in [9.17, 15) is 26.4 Å². The summed E-state index contributed by atoms with van der Waals surface area (Å²) in [5.74, 6) is -1.82. The number of carboxylic acids is 1. The molecule has 0 saturated heterocycles. The number of carbonyl (C=O) groups is 2. The number of hydrogen-bond acceptors (Lipinski definition) is 7. The minimum absolute atomic E-state index is 0.0198. The van der Waals surface area contributed by atoms with Crippen LogP contribution in [0.15, 0.2) is 41.3 Å². The molecule has 0 atom stereocenters. The number of methoxy groups -OCH3 is 1. The van der Waals surface area contributed by atoms with E-state index in [1.54, 1.807) is 13.0 Å². The smallest absolute Gasteiger partial charge is 0.307 e. The molecule has 12 heteroatoms. The van der Waals surface area contributed by atoms with Crippen LogP contribution >= 0.6 is 0 Å². The lowest BCUT2D eigenvalue weighted by Gasteiger charge is -2.21. The molecule has 180 valence electrons. The van der Waals surface area contributed by atoms with Gasteiger partial charge in [-0.3, -0.25) is 14.3 Å². The number of nitrogens with one attached hydrogen (secondary N) is 1. The number of sulfone groups is 1. The lowest BCUT2D eigenvalue weighted by Crippen LogP contribution is -2.34. The van der Waals surface area contributed by atoms with Gasteiger partial charge < -0.3 is 14.7 Å². The van der Waals surface area contributed by atoms with Crippen LogP contribution in [0, 0.1) is 0 Å². The van der Waals surface area contributed by atoms with Crippen molar-refractivity contribution >= 4 is 37.4 Å². The number of carboxylic acid groups (broad SMARTS) is 1. The molecule has 0 heterocycles. The topological polar surface area (TPSA) is 147 Å². The Hall–Kier alpha value is -3.12. The van der Waals surface area contributed by atoms with E-state index < -0.39 is 37.6 Å². The second-order valence-corrected chi connectivity index (χ2v) is 11.0. The van der Waals surface area contributed by atoms with Gasteiger partial charge in [-0.2, -0.15) is 0 Å². The van der Waals surface area contributed by atoms with E-state index in [2.05, 4.69) is 4.72 Å². The highest BCUT2D eigenvalue weighted by Gasteiger charge is 2.26. The van der Waals surface area contributed by atoms with E-state index in [0.717, 1.165) is 11.2 Å². The molecule has 0 aromatic heterocycles. The van der Waals surface area contributed by atoms with Gasteiger partial charge in [0.2, 0.25) is 15.9 Å². The standard InChI is InChI=1S/C21H26N2O8S2/c1-5-23(14(2)24)13-33(29,30)20-12-16(22-32(4,27)28)7-8-17(20)18-10-15(11-21(25)26)6-9-19(18)31-3/h6-10,12,22H,5,11,13H2,1-4H3,(H,25,26). The third-order valence-corrected chi connectivity index (χ3v) is 6.95. The van der Waals surface area contributed by atoms with Crippen LogP contribution in [-0.2, 0) is 35.9 Å². The van der Waals surface area contributed by atoms with Gasteiger partial charge in [0.1, 0.15) is 11.6 Å². The van der Waals surface area contributed by atoms with Gasteiger partial charge in [-0.15, -0.1) is 0 Å². The number of ether oxygens (including phenoxy) is 1. The lowest BCUT2D eigenvalue weighted by molar-refractivity contribution is -0.136. The SMILES string of the molecule is CCN(CS(=O)(=O)c1cc(NS(C)(=O)=O)ccc1-c1cc(CC(=O)O)ccc1OC)C(C)=O. The van der Waals surface area contributed by atoms with Crippen LogP contribution < -0.4 is 9.46 Å². The Bertz CT molecular complexity index is 1270. The fourth-order valence-corrected chi connectivity index (χ4v) is 5.50. The molecule has 0 aliphatic carbocycles. The zero-order chi connectivity index (χ0) is 25.0. The molecular formula is C21H26N2O8S2. The van der Waals surface area contributed by atoms with E-state index in [1.165, 1.54) is 44.4 Å². The largest absolute Gasteiger partial charge is 0.496 e. The molecule has 0 aliphatic heterocycles. The maximum absolute atomic E-state index is 13.4. The summed E-state index contributed by atoms with van der Waals surface area (Å²) in [7, 11) is -6.44. The lowest BCUT2D eigenvalue weighted by atomic mass is 10.00. The number of amides is 1. The van der Waals surface area contributed by atoms with Crippen LogP contribution in [0.4, 0.5) is 5.69 Å². The highest BCUT2D eigenvalue weighted by Crippen LogP contribution is 2.37. The van der Waals surface area contributed by atoms with Gasteiger partial charge in [-0.25, -0.2) is 16.8 Å². The van der Waals surface area contributed by atoms with E-state index in [4.69, 9.17) is 9.84 Å². The third-order valence-electron chi connectivity index (χ3n) is 4.68. The molecule has 2 aromatic carbocycles. The van der Waals surface area contributed by atoms with Crippen LogP contribution in [0.25, 0.3) is 11.1 Å². The van der Waals surface area contributed by atoms with Gasteiger partial charge in [0.25, 0.3) is 0 Å². The molecule has 0 spiro atoms. The average Bonchev–Trinajstić information content (AvgIpc) is 2.70. The summed E-state index contributed by atoms with van der Waals surface area (Å²) < 4.78 is 57.7. The first-order valence-electron chi connectivity index (χ1n) is 9.76. The van der Waals surface area contributed by atoms with E-state index >= 15 is 0 Å². The number of hydrogen-bond donors (Lipinski definition) is 2. The molecule has 33 heavy (non-hydrogen) atoms. The summed E-state index contributed by atoms with van der Waals surface area (Å²) in [6.45, 7) is 3.04. The van der Waals surface area contributed by atoms with Gasteiger partial charge in [0.05, 0.1) is 24.7 Å². The molecule has 2 aromatic rings. The number of rotatable bonds is 10. The summed E-state index contributed by atoms with van der Waals surface area (Å²) in [5.41, 5.74) is 0.926. The normalized spacial score (nSPS) is 11.6. The van der Waals surface area contributed by atoms with Crippen molar-refractivity contribution in [3.63, 3.8) is 0 Å². The Balaban J connectivity index is 2.78. The van der Waals surface area contributed by atoms with Crippen LogP contribution in [0.1, 0.15) is 19.4 Å². The Morgan fingerprint density at radius 2 is 1.73 bits per heavy atom. The average molecular weight is 499 g/mol. The molecule has 0 bridgehead atoms. The molecule has 10 nitrogen and oxygen atoms in total. The fourth-order valence-electron chi connectivity index (χ4n) is 3.21. The van der Waals surface area contributed by atoms with Crippen LogP contribution in [0.5, 0.6) is 5.75 Å². The first-order valence-corrected chi connectivity index (χ1v) is 13.3. The van der Waals surface area contributed by atoms with Crippen LogP contribution in [-0.4, -0.2) is 64.5 Å². The maximum Gasteiger partial charge on any atom is 0.307 e. The van der Waals surface area contributed by atoms with Gasteiger partial charge in [-0.05, 0) is 36.8 Å². The third kappa shape index (κ3) is 6.93. The molecule has 2 N–H and O–H groups in total. The number of nitrogens with zero attached hydrogens (tertiary/aromatic N) is 1. The molecule has 0 saturated carbocycles. The van der Waals surface area contributed by atoms with Gasteiger partial charge >= 0.3 is 5.97 Å². The van der Waals surface area contributed by atoms with Crippen molar-refractivity contribution in [3.8, 4) is 16.9 Å². The first kappa shape index (κ1) is 26.1. The molecule has 0 fully saturated rings. The summed E-state index contributed by atoms with van der Waals surface area (Å²) in [4.78, 5) is 23.9. The highest BCUT2D eigenvalue weighted by atomic mass is 32.2. The van der Waals surface area contributed by atoms with Gasteiger partial charge in [0.15, 0.2) is 9.84 Å². The number of sulfonamides is 1. The van der Waals surface area contributed by atoms with E-state index in [1.807, 2.05) is 0 Å². The Labute approximate surface area is 193 Å². The monoisotopic (exact) mass is 498 g/mol. The maximum atomic E-state index is 13.4. The van der Waals surface area contributed by atoms with Crippen molar-refractivity contribution in [2.45, 2.75) is 25.2 Å². The Morgan fingerprint density at radius 1 is 1.06 bits per heavy atom. The molecule has 2 rings (SSSR count). The predicted octanol–water partition coefficient (Wildman–Crippen LogP) is 1.96. The minimum atomic E-state index is -4.14. The van der Waals surface area contributed by atoms with Gasteiger partial charge in [-0.1, -0.05) is 12.1 Å². The molecule has 1 amide bonds. The molecule has 0 radical (unpaired) electrons. The molecular weight excluding hydrogens is 472 g/mol. The molecule has 0 aliphatic rings. The van der Waals surface area contributed by atoms with Crippen LogP contribution in [0.3, 0.4) is 0 Å². The highest BCUT2D eigenvalue weighted by molar-refractivity contribution is 7.92. The number of anilines is 1. The quantitative estimate of drug-likeness (QED) is 0.505.